The first kappa shape index (κ1) is 24.1. The van der Waals surface area contributed by atoms with Crippen molar-refractivity contribution in [3.05, 3.63) is 82.6 Å². The second-order valence-electron chi connectivity index (χ2n) is 7.87. The Balaban J connectivity index is 1.47. The van der Waals surface area contributed by atoms with Crippen LogP contribution in [0.3, 0.4) is 0 Å². The van der Waals surface area contributed by atoms with Crippen molar-refractivity contribution < 1.29 is 23.5 Å². The van der Waals surface area contributed by atoms with Crippen LogP contribution in [0.4, 0.5) is 10.1 Å². The molecule has 180 valence electrons. The van der Waals surface area contributed by atoms with Crippen molar-refractivity contribution in [2.24, 2.45) is 5.73 Å². The molecule has 2 aromatic carbocycles. The second-order valence-corrected chi connectivity index (χ2v) is 8.90. The monoisotopic (exact) mass is 494 g/mol. The van der Waals surface area contributed by atoms with Crippen LogP contribution in [0, 0.1) is 12.7 Å². The van der Waals surface area contributed by atoms with Crippen LogP contribution >= 0.6 is 11.3 Å². The summed E-state index contributed by atoms with van der Waals surface area (Å²) in [6.45, 7) is 1.87. The largest absolute Gasteiger partial charge is 0.451 e. The van der Waals surface area contributed by atoms with Crippen LogP contribution in [-0.2, 0) is 20.9 Å². The van der Waals surface area contributed by atoms with Gasteiger partial charge in [0.25, 0.3) is 5.91 Å². The number of rotatable bonds is 9. The van der Waals surface area contributed by atoms with E-state index in [1.54, 1.807) is 6.07 Å². The highest BCUT2D eigenvalue weighted by molar-refractivity contribution is 7.20. The lowest BCUT2D eigenvalue weighted by atomic mass is 10.2. The summed E-state index contributed by atoms with van der Waals surface area (Å²) >= 11 is 1.24. The third-order valence-corrected chi connectivity index (χ3v) is 6.46. The fraction of sp³-hybridized carbons (Fsp3) is 0.200. The van der Waals surface area contributed by atoms with Gasteiger partial charge in [0.1, 0.15) is 15.5 Å². The van der Waals surface area contributed by atoms with E-state index in [1.165, 1.54) is 40.5 Å². The van der Waals surface area contributed by atoms with Gasteiger partial charge in [0, 0.05) is 24.0 Å². The van der Waals surface area contributed by atoms with E-state index in [2.05, 4.69) is 5.10 Å². The Bertz CT molecular complexity index is 1370. The summed E-state index contributed by atoms with van der Waals surface area (Å²) in [5.41, 5.74) is 7.45. The molecule has 0 radical (unpaired) electrons. The maximum absolute atomic E-state index is 13.3. The van der Waals surface area contributed by atoms with Crippen LogP contribution in [-0.4, -0.2) is 40.7 Å². The molecule has 4 aromatic rings. The number of anilines is 1. The minimum Gasteiger partial charge on any atom is -0.451 e. The number of esters is 1. The summed E-state index contributed by atoms with van der Waals surface area (Å²) in [5.74, 6) is -2.25. The Hall–Kier alpha value is -4.05. The molecule has 0 aliphatic carbocycles. The molecule has 2 aromatic heterocycles. The summed E-state index contributed by atoms with van der Waals surface area (Å²) in [4.78, 5) is 39.2. The minimum absolute atomic E-state index is 0.0191. The van der Waals surface area contributed by atoms with Gasteiger partial charge in [-0.05, 0) is 42.8 Å². The number of ether oxygens (including phenoxy) is 1. The van der Waals surface area contributed by atoms with Crippen molar-refractivity contribution in [1.82, 2.24) is 9.78 Å². The van der Waals surface area contributed by atoms with Gasteiger partial charge in [-0.2, -0.15) is 5.10 Å². The molecule has 0 saturated carbocycles. The molecule has 4 rings (SSSR count). The molecule has 0 atom stereocenters. The second kappa shape index (κ2) is 10.5. The predicted molar refractivity (Wildman–Crippen MR) is 131 cm³/mol. The summed E-state index contributed by atoms with van der Waals surface area (Å²) in [7, 11) is 0. The van der Waals surface area contributed by atoms with E-state index in [9.17, 15) is 18.8 Å². The van der Waals surface area contributed by atoms with Crippen LogP contribution in [0.5, 0.6) is 0 Å². The van der Waals surface area contributed by atoms with Gasteiger partial charge in [-0.25, -0.2) is 9.18 Å². The maximum Gasteiger partial charge on any atom is 0.348 e. The zero-order chi connectivity index (χ0) is 24.9. The number of halogens is 1. The lowest BCUT2D eigenvalue weighted by Crippen LogP contribution is -2.37. The molecule has 0 aliphatic heterocycles. The highest BCUT2D eigenvalue weighted by atomic mass is 32.1. The molecule has 0 bridgehead atoms. The van der Waals surface area contributed by atoms with Crippen molar-refractivity contribution in [3.63, 3.8) is 0 Å². The third kappa shape index (κ3) is 5.72. The van der Waals surface area contributed by atoms with E-state index in [-0.39, 0.29) is 13.0 Å². The van der Waals surface area contributed by atoms with Crippen LogP contribution in [0.1, 0.15) is 27.3 Å². The molecule has 0 fully saturated rings. The summed E-state index contributed by atoms with van der Waals surface area (Å²) in [6.07, 6.45) is -0.0927. The highest BCUT2D eigenvalue weighted by Gasteiger charge is 2.21. The fourth-order valence-electron chi connectivity index (χ4n) is 3.59. The molecular formula is C25H23FN4O4S. The highest BCUT2D eigenvalue weighted by Crippen LogP contribution is 2.29. The number of aryl methyl sites for hydroxylation is 1. The van der Waals surface area contributed by atoms with E-state index in [4.69, 9.17) is 10.5 Å². The van der Waals surface area contributed by atoms with Gasteiger partial charge >= 0.3 is 5.97 Å². The smallest absolute Gasteiger partial charge is 0.348 e. The molecule has 8 nitrogen and oxygen atoms in total. The van der Waals surface area contributed by atoms with E-state index in [0.717, 1.165) is 21.5 Å². The molecule has 0 aliphatic rings. The number of amides is 2. The van der Waals surface area contributed by atoms with Crippen LogP contribution in [0.25, 0.3) is 10.2 Å². The van der Waals surface area contributed by atoms with Crippen LogP contribution in [0.15, 0.2) is 60.7 Å². The minimum atomic E-state index is -0.640. The number of nitrogens with two attached hydrogens (primary N) is 1. The molecule has 0 unspecified atom stereocenters. The fourth-order valence-corrected chi connectivity index (χ4v) is 4.65. The normalized spacial score (nSPS) is 10.9. The quantitative estimate of drug-likeness (QED) is 0.357. The lowest BCUT2D eigenvalue weighted by Gasteiger charge is -2.22. The lowest BCUT2D eigenvalue weighted by molar-refractivity contribution is -0.121. The number of thiophene rings is 1. The first-order chi connectivity index (χ1) is 16.8. The number of primary amides is 1. The van der Waals surface area contributed by atoms with Gasteiger partial charge in [-0.3, -0.25) is 14.3 Å². The molecular weight excluding hydrogens is 471 g/mol. The van der Waals surface area contributed by atoms with Gasteiger partial charge in [0.05, 0.1) is 12.2 Å². The van der Waals surface area contributed by atoms with Gasteiger partial charge in [0.15, 0.2) is 6.61 Å². The van der Waals surface area contributed by atoms with Crippen molar-refractivity contribution >= 4 is 45.0 Å². The molecule has 2 N–H and O–H groups in total. The number of nitrogens with zero attached hydrogens (tertiary/aromatic N) is 3. The van der Waals surface area contributed by atoms with Gasteiger partial charge in [-0.15, -0.1) is 11.3 Å². The first-order valence-corrected chi connectivity index (χ1v) is 11.7. The molecule has 10 heteroatoms. The van der Waals surface area contributed by atoms with E-state index < -0.39 is 30.2 Å². The van der Waals surface area contributed by atoms with E-state index in [0.29, 0.717) is 17.1 Å². The van der Waals surface area contributed by atoms with Crippen molar-refractivity contribution in [2.75, 3.05) is 18.1 Å². The number of hydrogen-bond donors (Lipinski definition) is 1. The Kier molecular flexibility index (Phi) is 7.21. The predicted octanol–water partition coefficient (Wildman–Crippen LogP) is 3.66. The number of hydrogen-bond acceptors (Lipinski definition) is 6. The summed E-state index contributed by atoms with van der Waals surface area (Å²) < 4.78 is 20.4. The number of aromatic nitrogens is 2. The first-order valence-electron chi connectivity index (χ1n) is 10.8. The average molecular weight is 495 g/mol. The maximum atomic E-state index is 13.3. The molecule has 2 heterocycles. The average Bonchev–Trinajstić information content (AvgIpc) is 3.40. The molecule has 0 saturated heterocycles. The summed E-state index contributed by atoms with van der Waals surface area (Å²) in [5, 5.41) is 5.41. The Morgan fingerprint density at radius 2 is 1.83 bits per heavy atom. The summed E-state index contributed by atoms with van der Waals surface area (Å²) in [6, 6.07) is 16.8. The van der Waals surface area contributed by atoms with E-state index >= 15 is 0 Å². The van der Waals surface area contributed by atoms with Crippen molar-refractivity contribution in [1.29, 1.82) is 0 Å². The molecule has 0 spiro atoms. The Morgan fingerprint density at radius 3 is 2.51 bits per heavy atom. The van der Waals surface area contributed by atoms with E-state index in [1.807, 2.05) is 41.9 Å². The van der Waals surface area contributed by atoms with Crippen molar-refractivity contribution in [3.8, 4) is 0 Å². The molecule has 35 heavy (non-hydrogen) atoms. The number of carbonyl (C=O) groups is 3. The van der Waals surface area contributed by atoms with Gasteiger partial charge < -0.3 is 15.4 Å². The topological polar surface area (TPSA) is 108 Å². The third-order valence-electron chi connectivity index (χ3n) is 5.33. The molecule has 2 amide bonds. The Labute approximate surface area is 204 Å². The number of carbonyl (C=O) groups excluding carboxylic acids is 3. The zero-order valence-electron chi connectivity index (χ0n) is 18.9. The van der Waals surface area contributed by atoms with Crippen LogP contribution in [0.2, 0.25) is 0 Å². The van der Waals surface area contributed by atoms with Gasteiger partial charge in [0.2, 0.25) is 5.91 Å². The SMILES string of the molecule is Cc1nn(Cc2ccccc2)c2sc(C(=O)OCC(=O)N(CCC(N)=O)c3ccc(F)cc3)cc12. The van der Waals surface area contributed by atoms with Crippen LogP contribution < -0.4 is 10.6 Å². The Morgan fingerprint density at radius 1 is 1.11 bits per heavy atom. The zero-order valence-corrected chi connectivity index (χ0v) is 19.8. The standard InChI is InChI=1S/C25H23FN4O4S/c1-16-20-13-21(35-24(20)30(28-16)14-17-5-3-2-4-6-17)25(33)34-15-23(32)29(12-11-22(27)31)19-9-7-18(26)8-10-19/h2-10,13H,11-12,14-15H2,1H3,(H2,27,31). The van der Waals surface area contributed by atoms with Crippen molar-refractivity contribution in [2.45, 2.75) is 19.9 Å². The number of benzene rings is 2. The number of fused-ring (bicyclic) bond motifs is 1. The van der Waals surface area contributed by atoms with Gasteiger partial charge in [-0.1, -0.05) is 30.3 Å².